The van der Waals surface area contributed by atoms with Crippen molar-refractivity contribution in [3.05, 3.63) is 78.1 Å². The Hall–Kier alpha value is -4.18. The molecule has 0 saturated carbocycles. The third-order valence-electron chi connectivity index (χ3n) is 4.38. The summed E-state index contributed by atoms with van der Waals surface area (Å²) in [5.74, 6) is 6.48. The van der Waals surface area contributed by atoms with Crippen molar-refractivity contribution in [2.75, 3.05) is 12.4 Å². The van der Waals surface area contributed by atoms with E-state index in [0.29, 0.717) is 33.8 Å². The van der Waals surface area contributed by atoms with Crippen LogP contribution in [0.4, 0.5) is 5.69 Å². The van der Waals surface area contributed by atoms with Gasteiger partial charge in [0.1, 0.15) is 34.8 Å². The van der Waals surface area contributed by atoms with Crippen molar-refractivity contribution in [1.29, 1.82) is 0 Å². The van der Waals surface area contributed by atoms with Crippen molar-refractivity contribution in [3.8, 4) is 17.6 Å². The maximum Gasteiger partial charge on any atom is 0.272 e. The summed E-state index contributed by atoms with van der Waals surface area (Å²) in [5, 5.41) is 3.59. The van der Waals surface area contributed by atoms with Crippen molar-refractivity contribution >= 4 is 22.6 Å². The zero-order valence-electron chi connectivity index (χ0n) is 15.9. The Bertz CT molecular complexity index is 1240. The Kier molecular flexibility index (Phi) is 4.91. The molecule has 0 aliphatic heterocycles. The van der Waals surface area contributed by atoms with Gasteiger partial charge < -0.3 is 14.6 Å². The molecule has 0 fully saturated rings. The molecule has 0 saturated heterocycles. The van der Waals surface area contributed by atoms with Gasteiger partial charge in [-0.25, -0.2) is 15.0 Å². The van der Waals surface area contributed by atoms with E-state index >= 15 is 0 Å². The first kappa shape index (κ1) is 18.2. The van der Waals surface area contributed by atoms with E-state index in [1.807, 2.05) is 18.2 Å². The number of methoxy groups -OCH3 is 1. The van der Waals surface area contributed by atoms with E-state index in [1.165, 1.54) is 6.33 Å². The van der Waals surface area contributed by atoms with Crippen LogP contribution in [-0.2, 0) is 7.05 Å². The molecule has 0 aliphatic rings. The van der Waals surface area contributed by atoms with Crippen LogP contribution in [0.25, 0.3) is 11.0 Å². The van der Waals surface area contributed by atoms with Gasteiger partial charge in [0.25, 0.3) is 5.91 Å². The normalized spacial score (nSPS) is 10.3. The summed E-state index contributed by atoms with van der Waals surface area (Å²) >= 11 is 0. The molecule has 7 nitrogen and oxygen atoms in total. The number of carbonyl (C=O) groups excluding carboxylic acids is 1. The van der Waals surface area contributed by atoms with Crippen molar-refractivity contribution in [1.82, 2.24) is 19.5 Å². The number of hydrogen-bond donors (Lipinski definition) is 1. The fourth-order valence-electron chi connectivity index (χ4n) is 2.88. The second kappa shape index (κ2) is 7.82. The van der Waals surface area contributed by atoms with E-state index in [1.54, 1.807) is 55.3 Å². The number of fused-ring (bicyclic) bond motifs is 1. The average Bonchev–Trinajstić information content (AvgIpc) is 3.11. The molecule has 0 radical (unpaired) electrons. The number of aromatic nitrogens is 4. The fraction of sp³-hybridized carbons (Fsp3) is 0.0909. The van der Waals surface area contributed by atoms with Crippen LogP contribution in [-0.4, -0.2) is 32.5 Å². The lowest BCUT2D eigenvalue weighted by molar-refractivity contribution is 0.101. The molecule has 3 aromatic heterocycles. The molecule has 0 aliphatic carbocycles. The molecule has 1 amide bonds. The Balaban J connectivity index is 1.66. The van der Waals surface area contributed by atoms with Crippen LogP contribution in [0.15, 0.2) is 61.1 Å². The molecule has 1 N–H and O–H groups in total. The number of ether oxygens (including phenoxy) is 1. The van der Waals surface area contributed by atoms with Gasteiger partial charge in [-0.15, -0.1) is 0 Å². The molecule has 0 spiro atoms. The standard InChI is InChI=1S/C22H17N5O2/c1-27-20(22(28)26-16-6-9-17(29-2)10-7-16)13-18-19(24-14-25-21(18)27)11-8-15-5-3-4-12-23-15/h3-7,9-10,12-14H,1-2H3,(H,26,28). The van der Waals surface area contributed by atoms with E-state index < -0.39 is 0 Å². The highest BCUT2D eigenvalue weighted by Crippen LogP contribution is 2.21. The number of hydrogen-bond acceptors (Lipinski definition) is 5. The lowest BCUT2D eigenvalue weighted by Crippen LogP contribution is -2.15. The molecule has 4 rings (SSSR count). The van der Waals surface area contributed by atoms with Gasteiger partial charge in [0.15, 0.2) is 0 Å². The molecule has 0 unspecified atom stereocenters. The molecule has 1 aromatic carbocycles. The summed E-state index contributed by atoms with van der Waals surface area (Å²) in [6, 6.07) is 14.4. The number of nitrogens with zero attached hydrogens (tertiary/aromatic N) is 4. The SMILES string of the molecule is COc1ccc(NC(=O)c2cc3c(C#Cc4ccccn4)ncnc3n2C)cc1. The van der Waals surface area contributed by atoms with Crippen LogP contribution >= 0.6 is 0 Å². The van der Waals surface area contributed by atoms with Gasteiger partial charge >= 0.3 is 0 Å². The Morgan fingerprint density at radius 2 is 1.90 bits per heavy atom. The highest BCUT2D eigenvalue weighted by atomic mass is 16.5. The minimum Gasteiger partial charge on any atom is -0.497 e. The van der Waals surface area contributed by atoms with E-state index in [0.717, 1.165) is 5.75 Å². The number of benzene rings is 1. The van der Waals surface area contributed by atoms with Crippen molar-refractivity contribution in [2.45, 2.75) is 0 Å². The maximum atomic E-state index is 12.8. The minimum atomic E-state index is -0.251. The molecule has 3 heterocycles. The van der Waals surface area contributed by atoms with Gasteiger partial charge in [-0.1, -0.05) is 6.07 Å². The zero-order chi connectivity index (χ0) is 20.2. The molecule has 29 heavy (non-hydrogen) atoms. The average molecular weight is 383 g/mol. The second-order valence-corrected chi connectivity index (χ2v) is 6.20. The predicted molar refractivity (Wildman–Crippen MR) is 110 cm³/mol. The molecular formula is C22H17N5O2. The number of anilines is 1. The highest BCUT2D eigenvalue weighted by Gasteiger charge is 2.16. The van der Waals surface area contributed by atoms with Crippen LogP contribution in [0.2, 0.25) is 0 Å². The molecular weight excluding hydrogens is 366 g/mol. The Morgan fingerprint density at radius 1 is 1.07 bits per heavy atom. The second-order valence-electron chi connectivity index (χ2n) is 6.20. The summed E-state index contributed by atoms with van der Waals surface area (Å²) < 4.78 is 6.86. The quantitative estimate of drug-likeness (QED) is 0.550. The van der Waals surface area contributed by atoms with Crippen LogP contribution in [0.3, 0.4) is 0 Å². The summed E-state index contributed by atoms with van der Waals surface area (Å²) in [5.41, 5.74) is 2.94. The summed E-state index contributed by atoms with van der Waals surface area (Å²) in [4.78, 5) is 25.5. The Labute approximate surface area is 167 Å². The number of pyridine rings is 1. The largest absolute Gasteiger partial charge is 0.497 e. The molecule has 0 atom stereocenters. The predicted octanol–water partition coefficient (Wildman–Crippen LogP) is 3.02. The first-order chi connectivity index (χ1) is 14.2. The third-order valence-corrected chi connectivity index (χ3v) is 4.38. The Morgan fingerprint density at radius 3 is 2.62 bits per heavy atom. The van der Waals surface area contributed by atoms with Crippen molar-refractivity contribution < 1.29 is 9.53 Å². The van der Waals surface area contributed by atoms with E-state index in [9.17, 15) is 4.79 Å². The molecule has 7 heteroatoms. The van der Waals surface area contributed by atoms with E-state index in [-0.39, 0.29) is 5.91 Å². The van der Waals surface area contributed by atoms with Gasteiger partial charge in [0, 0.05) is 18.9 Å². The third kappa shape index (κ3) is 3.77. The van der Waals surface area contributed by atoms with Crippen LogP contribution in [0.5, 0.6) is 5.75 Å². The smallest absolute Gasteiger partial charge is 0.272 e. The van der Waals surface area contributed by atoms with Gasteiger partial charge in [0.05, 0.1) is 12.5 Å². The summed E-state index contributed by atoms with van der Waals surface area (Å²) in [7, 11) is 3.38. The lowest BCUT2D eigenvalue weighted by atomic mass is 10.2. The number of carbonyl (C=O) groups is 1. The number of aryl methyl sites for hydroxylation is 1. The van der Waals surface area contributed by atoms with Crippen molar-refractivity contribution in [2.24, 2.45) is 7.05 Å². The monoisotopic (exact) mass is 383 g/mol. The highest BCUT2D eigenvalue weighted by molar-refractivity contribution is 6.06. The van der Waals surface area contributed by atoms with Crippen molar-refractivity contribution in [3.63, 3.8) is 0 Å². The van der Waals surface area contributed by atoms with Gasteiger partial charge in [-0.05, 0) is 54.3 Å². The topological polar surface area (TPSA) is 81.9 Å². The number of amides is 1. The van der Waals surface area contributed by atoms with Crippen LogP contribution < -0.4 is 10.1 Å². The number of nitrogens with one attached hydrogen (secondary N) is 1. The summed E-state index contributed by atoms with van der Waals surface area (Å²) in [6.07, 6.45) is 3.12. The lowest BCUT2D eigenvalue weighted by Gasteiger charge is -2.07. The molecule has 4 aromatic rings. The van der Waals surface area contributed by atoms with E-state index in [2.05, 4.69) is 32.1 Å². The maximum absolute atomic E-state index is 12.8. The zero-order valence-corrected chi connectivity index (χ0v) is 15.9. The molecule has 0 bridgehead atoms. The van der Waals surface area contributed by atoms with Gasteiger partial charge in [-0.3, -0.25) is 4.79 Å². The van der Waals surface area contributed by atoms with Gasteiger partial charge in [0.2, 0.25) is 0 Å². The van der Waals surface area contributed by atoms with Crippen LogP contribution in [0.1, 0.15) is 21.9 Å². The summed E-state index contributed by atoms with van der Waals surface area (Å²) in [6.45, 7) is 0. The molecule has 142 valence electrons. The fourth-order valence-corrected chi connectivity index (χ4v) is 2.88. The van der Waals surface area contributed by atoms with E-state index in [4.69, 9.17) is 4.74 Å². The van der Waals surface area contributed by atoms with Gasteiger partial charge in [-0.2, -0.15) is 0 Å². The minimum absolute atomic E-state index is 0.251. The number of rotatable bonds is 3. The first-order valence-electron chi connectivity index (χ1n) is 8.84. The van der Waals surface area contributed by atoms with Crippen LogP contribution in [0, 0.1) is 11.8 Å². The first-order valence-corrected chi connectivity index (χ1v) is 8.84.